The number of hydrogen-bond donors (Lipinski definition) is 1. The Kier molecular flexibility index (Phi) is 5.31. The molecule has 1 aliphatic heterocycles. The number of hydrogen-bond acceptors (Lipinski definition) is 6. The Morgan fingerprint density at radius 2 is 2.11 bits per heavy atom. The lowest BCUT2D eigenvalue weighted by molar-refractivity contribution is -0.117. The van der Waals surface area contributed by atoms with E-state index >= 15 is 0 Å². The van der Waals surface area contributed by atoms with Gasteiger partial charge in [-0.05, 0) is 36.8 Å². The molecule has 0 spiro atoms. The van der Waals surface area contributed by atoms with Gasteiger partial charge in [0.25, 0.3) is 11.5 Å². The van der Waals surface area contributed by atoms with Crippen molar-refractivity contribution in [3.8, 4) is 17.1 Å². The first kappa shape index (κ1) is 18.5. The van der Waals surface area contributed by atoms with E-state index in [-0.39, 0.29) is 22.7 Å². The third kappa shape index (κ3) is 4.02. The van der Waals surface area contributed by atoms with E-state index in [1.807, 2.05) is 18.2 Å². The fourth-order valence-electron chi connectivity index (χ4n) is 2.68. The molecule has 1 atom stereocenters. The largest absolute Gasteiger partial charge is 0.343 e. The summed E-state index contributed by atoms with van der Waals surface area (Å²) in [7, 11) is 0. The van der Waals surface area contributed by atoms with E-state index in [0.717, 1.165) is 11.3 Å². The number of aromatic nitrogens is 3. The molecule has 0 aliphatic carbocycles. The Labute approximate surface area is 169 Å². The van der Waals surface area contributed by atoms with E-state index in [1.165, 1.54) is 17.8 Å². The molecule has 4 rings (SSSR count). The molecule has 0 saturated heterocycles. The van der Waals surface area contributed by atoms with Gasteiger partial charge in [-0.2, -0.15) is 4.98 Å². The first-order valence-electron chi connectivity index (χ1n) is 8.50. The zero-order valence-corrected chi connectivity index (χ0v) is 16.1. The maximum Gasteiger partial charge on any atom is 0.257 e. The standard InChI is InChI=1S/C19H15ClN4O3S/c20-15-9-8-14(28-15)19(26)21-11-16-22-18(23-27-16)12-4-6-13(7-5-12)24-10-2-1-3-17(24)25/h1-8,10,15H,9,11H2,(H,21,26). The molecule has 2 aromatic heterocycles. The number of pyridine rings is 1. The van der Waals surface area contributed by atoms with Crippen LogP contribution in [-0.2, 0) is 11.3 Å². The average molecular weight is 415 g/mol. The number of nitrogens with zero attached hydrogens (tertiary/aromatic N) is 3. The lowest BCUT2D eigenvalue weighted by atomic mass is 10.2. The lowest BCUT2D eigenvalue weighted by Crippen LogP contribution is -2.23. The van der Waals surface area contributed by atoms with Crippen LogP contribution >= 0.6 is 23.4 Å². The average Bonchev–Trinajstić information content (AvgIpc) is 3.36. The molecule has 0 radical (unpaired) electrons. The number of alkyl halides is 1. The van der Waals surface area contributed by atoms with E-state index in [1.54, 1.807) is 35.0 Å². The third-order valence-corrected chi connectivity index (χ3v) is 5.56. The summed E-state index contributed by atoms with van der Waals surface area (Å²) >= 11 is 7.30. The molecule has 0 fully saturated rings. The number of carbonyl (C=O) groups is 1. The summed E-state index contributed by atoms with van der Waals surface area (Å²) in [5.74, 6) is 0.509. The van der Waals surface area contributed by atoms with Crippen LogP contribution in [-0.4, -0.2) is 25.3 Å². The van der Waals surface area contributed by atoms with Crippen molar-refractivity contribution >= 4 is 29.3 Å². The second kappa shape index (κ2) is 8.04. The molecule has 1 aromatic carbocycles. The van der Waals surface area contributed by atoms with Crippen molar-refractivity contribution < 1.29 is 9.32 Å². The number of allylic oxidation sites excluding steroid dienone is 1. The van der Waals surface area contributed by atoms with E-state index in [0.29, 0.717) is 23.0 Å². The van der Waals surface area contributed by atoms with E-state index < -0.39 is 0 Å². The van der Waals surface area contributed by atoms with Gasteiger partial charge in [0.05, 0.1) is 16.2 Å². The van der Waals surface area contributed by atoms with Crippen molar-refractivity contribution in [2.24, 2.45) is 0 Å². The molecule has 7 nitrogen and oxygen atoms in total. The Bertz CT molecular complexity index is 1090. The van der Waals surface area contributed by atoms with Gasteiger partial charge in [-0.1, -0.05) is 17.3 Å². The Balaban J connectivity index is 1.42. The predicted octanol–water partition coefficient (Wildman–Crippen LogP) is 3.09. The first-order valence-corrected chi connectivity index (χ1v) is 9.82. The number of rotatable bonds is 5. The summed E-state index contributed by atoms with van der Waals surface area (Å²) in [6.45, 7) is 0.133. The molecule has 142 valence electrons. The van der Waals surface area contributed by atoms with Crippen LogP contribution in [0.4, 0.5) is 0 Å². The van der Waals surface area contributed by atoms with E-state index in [9.17, 15) is 9.59 Å². The highest BCUT2D eigenvalue weighted by molar-refractivity contribution is 8.05. The molecule has 9 heteroatoms. The van der Waals surface area contributed by atoms with Gasteiger partial charge >= 0.3 is 0 Å². The second-order valence-electron chi connectivity index (χ2n) is 5.98. The molecule has 3 heterocycles. The molecule has 1 amide bonds. The fourth-order valence-corrected chi connectivity index (χ4v) is 3.90. The Hall–Kier alpha value is -2.84. The summed E-state index contributed by atoms with van der Waals surface area (Å²) in [4.78, 5) is 28.9. The number of halogens is 1. The highest BCUT2D eigenvalue weighted by Crippen LogP contribution is 2.34. The van der Waals surface area contributed by atoms with Crippen LogP contribution in [0.5, 0.6) is 0 Å². The predicted molar refractivity (Wildman–Crippen MR) is 107 cm³/mol. The zero-order valence-electron chi connectivity index (χ0n) is 14.5. The van der Waals surface area contributed by atoms with Crippen LogP contribution in [0.2, 0.25) is 0 Å². The minimum Gasteiger partial charge on any atom is -0.343 e. The van der Waals surface area contributed by atoms with E-state index in [4.69, 9.17) is 16.1 Å². The van der Waals surface area contributed by atoms with Gasteiger partial charge in [0.15, 0.2) is 0 Å². The Morgan fingerprint density at radius 1 is 1.29 bits per heavy atom. The van der Waals surface area contributed by atoms with Gasteiger partial charge < -0.3 is 9.84 Å². The highest BCUT2D eigenvalue weighted by atomic mass is 35.5. The molecule has 3 aromatic rings. The van der Waals surface area contributed by atoms with Gasteiger partial charge in [0.2, 0.25) is 11.7 Å². The maximum atomic E-state index is 12.1. The molecule has 28 heavy (non-hydrogen) atoms. The van der Waals surface area contributed by atoms with Crippen molar-refractivity contribution in [1.82, 2.24) is 20.0 Å². The van der Waals surface area contributed by atoms with Gasteiger partial charge in [-0.25, -0.2) is 0 Å². The highest BCUT2D eigenvalue weighted by Gasteiger charge is 2.21. The minimum atomic E-state index is -0.203. The quantitative estimate of drug-likeness (QED) is 0.645. The summed E-state index contributed by atoms with van der Waals surface area (Å²) in [5, 5.41) is 6.69. The molecule has 1 aliphatic rings. The van der Waals surface area contributed by atoms with Gasteiger partial charge in [-0.15, -0.1) is 23.4 Å². The normalized spacial score (nSPS) is 16.0. The molecule has 1 unspecified atom stereocenters. The third-order valence-electron chi connectivity index (χ3n) is 4.06. The van der Waals surface area contributed by atoms with Crippen molar-refractivity contribution in [1.29, 1.82) is 0 Å². The first-order chi connectivity index (χ1) is 13.6. The van der Waals surface area contributed by atoms with Crippen molar-refractivity contribution in [2.75, 3.05) is 0 Å². The Morgan fingerprint density at radius 3 is 2.82 bits per heavy atom. The maximum absolute atomic E-state index is 12.1. The SMILES string of the molecule is O=C(NCc1nc(-c2ccc(-n3ccccc3=O)cc2)no1)C1=CCC(Cl)S1. The number of benzene rings is 1. The molecular formula is C19H15ClN4O3S. The van der Waals surface area contributed by atoms with Crippen molar-refractivity contribution in [2.45, 2.75) is 17.7 Å². The van der Waals surface area contributed by atoms with Crippen molar-refractivity contribution in [3.63, 3.8) is 0 Å². The van der Waals surface area contributed by atoms with Gasteiger partial charge in [0, 0.05) is 23.5 Å². The van der Waals surface area contributed by atoms with Crippen LogP contribution in [0, 0.1) is 0 Å². The minimum absolute atomic E-state index is 0.0922. The summed E-state index contributed by atoms with van der Waals surface area (Å²) in [5.41, 5.74) is 1.38. The summed E-state index contributed by atoms with van der Waals surface area (Å²) in [6, 6.07) is 12.2. The van der Waals surface area contributed by atoms with Crippen LogP contribution in [0.25, 0.3) is 17.1 Å². The number of thioether (sulfide) groups is 1. The molecule has 0 saturated carbocycles. The number of amides is 1. The number of nitrogens with one attached hydrogen (secondary N) is 1. The second-order valence-corrected chi connectivity index (χ2v) is 8.01. The fraction of sp³-hybridized carbons (Fsp3) is 0.158. The molecule has 1 N–H and O–H groups in total. The van der Waals surface area contributed by atoms with Crippen LogP contribution in [0.3, 0.4) is 0 Å². The van der Waals surface area contributed by atoms with Crippen LogP contribution in [0.1, 0.15) is 12.3 Å². The molecule has 0 bridgehead atoms. The monoisotopic (exact) mass is 414 g/mol. The van der Waals surface area contributed by atoms with Gasteiger partial charge in [-0.3, -0.25) is 14.2 Å². The topological polar surface area (TPSA) is 90.0 Å². The molecular weight excluding hydrogens is 400 g/mol. The zero-order chi connectivity index (χ0) is 19.5. The smallest absolute Gasteiger partial charge is 0.257 e. The van der Waals surface area contributed by atoms with E-state index in [2.05, 4.69) is 15.5 Å². The lowest BCUT2D eigenvalue weighted by Gasteiger charge is -2.05. The summed E-state index contributed by atoms with van der Waals surface area (Å²) < 4.78 is 6.66. The van der Waals surface area contributed by atoms with Gasteiger partial charge in [0.1, 0.15) is 0 Å². The van der Waals surface area contributed by atoms with Crippen molar-refractivity contribution in [3.05, 3.63) is 75.9 Å². The van der Waals surface area contributed by atoms with Crippen LogP contribution in [0.15, 0.2) is 69.0 Å². The number of carbonyl (C=O) groups excluding carboxylic acids is 1. The van der Waals surface area contributed by atoms with Crippen LogP contribution < -0.4 is 10.9 Å². The summed E-state index contributed by atoms with van der Waals surface area (Å²) in [6.07, 6.45) is 4.19.